The fourth-order valence-corrected chi connectivity index (χ4v) is 2.95. The van der Waals surface area contributed by atoms with Crippen molar-refractivity contribution in [2.45, 2.75) is 58.1 Å². The second kappa shape index (κ2) is 6.94. The average molecular weight is 378 g/mol. The molecule has 7 heteroatoms. The van der Waals surface area contributed by atoms with Gasteiger partial charge in [0.1, 0.15) is 12.4 Å². The van der Waals surface area contributed by atoms with Crippen LogP contribution in [0.15, 0.2) is 35.1 Å². The molecule has 146 valence electrons. The Labute approximate surface area is 157 Å². The number of halogens is 2. The molecule has 2 heterocycles. The summed E-state index contributed by atoms with van der Waals surface area (Å²) in [7, 11) is 0. The van der Waals surface area contributed by atoms with Crippen molar-refractivity contribution >= 4 is 0 Å². The van der Waals surface area contributed by atoms with Crippen LogP contribution in [0.3, 0.4) is 0 Å². The lowest BCUT2D eigenvalue weighted by molar-refractivity contribution is -0.0169. The Kier molecular flexibility index (Phi) is 4.97. The van der Waals surface area contributed by atoms with Crippen molar-refractivity contribution < 1.29 is 18.3 Å². The van der Waals surface area contributed by atoms with Crippen LogP contribution in [0.5, 0.6) is 11.8 Å². The van der Waals surface area contributed by atoms with Crippen molar-refractivity contribution in [2.75, 3.05) is 6.61 Å². The van der Waals surface area contributed by atoms with Gasteiger partial charge in [-0.05, 0) is 23.1 Å². The second-order valence-corrected chi connectivity index (χ2v) is 7.76. The molecule has 2 aromatic rings. The first-order chi connectivity index (χ1) is 12.6. The van der Waals surface area contributed by atoms with Gasteiger partial charge in [0.05, 0.1) is 12.2 Å². The molecule has 0 saturated heterocycles. The van der Waals surface area contributed by atoms with Gasteiger partial charge in [-0.25, -0.2) is 0 Å². The predicted octanol–water partition coefficient (Wildman–Crippen LogP) is 3.88. The predicted molar refractivity (Wildman–Crippen MR) is 97.7 cm³/mol. The number of rotatable bonds is 5. The third-order valence-corrected chi connectivity index (χ3v) is 4.62. The molecule has 1 atom stereocenters. The molecule has 0 spiro atoms. The molecule has 0 fully saturated rings. The molecule has 0 amide bonds. The maximum atomic E-state index is 14.2. The summed E-state index contributed by atoms with van der Waals surface area (Å²) in [5, 5.41) is 0. The molecule has 0 saturated carbocycles. The van der Waals surface area contributed by atoms with Gasteiger partial charge in [0, 0.05) is 12.5 Å². The third kappa shape index (κ3) is 4.12. The van der Waals surface area contributed by atoms with Gasteiger partial charge in [-0.2, -0.15) is 13.8 Å². The van der Waals surface area contributed by atoms with Gasteiger partial charge in [-0.3, -0.25) is 9.36 Å². The van der Waals surface area contributed by atoms with Gasteiger partial charge in [-0.15, -0.1) is 0 Å². The smallest absolute Gasteiger partial charge is 0.300 e. The van der Waals surface area contributed by atoms with E-state index in [0.717, 1.165) is 6.07 Å². The van der Waals surface area contributed by atoms with Crippen LogP contribution in [0.4, 0.5) is 8.78 Å². The van der Waals surface area contributed by atoms with E-state index in [-0.39, 0.29) is 30.3 Å². The first kappa shape index (κ1) is 19.3. The molecule has 1 aliphatic heterocycles. The highest BCUT2D eigenvalue weighted by Crippen LogP contribution is 2.34. The maximum absolute atomic E-state index is 14.2. The van der Waals surface area contributed by atoms with E-state index in [9.17, 15) is 13.6 Å². The Hall–Kier alpha value is -2.44. The number of hydrogen-bond donors (Lipinski definition) is 0. The zero-order valence-electron chi connectivity index (χ0n) is 16.0. The number of alkyl halides is 2. The molecule has 1 aromatic carbocycles. The summed E-state index contributed by atoms with van der Waals surface area (Å²) in [5.41, 5.74) is 0.142. The number of ether oxygens (including phenoxy) is 2. The van der Waals surface area contributed by atoms with Gasteiger partial charge in [0.2, 0.25) is 0 Å². The Morgan fingerprint density at radius 3 is 2.52 bits per heavy atom. The molecule has 0 bridgehead atoms. The summed E-state index contributed by atoms with van der Waals surface area (Å²) in [4.78, 5) is 15.3. The van der Waals surface area contributed by atoms with Gasteiger partial charge >= 0.3 is 6.01 Å². The Balaban J connectivity index is 1.70. The standard InChI is InChI=1S/C20H24F2N2O3/c1-5-20(21,22)16-10-17(25)23-18-24(16)11-15(27-18)12-26-14-8-6-13(7-9-14)19(2,3)4/h6-10,15H,5,11-12H2,1-4H3. The van der Waals surface area contributed by atoms with Crippen LogP contribution in [0, 0.1) is 0 Å². The highest BCUT2D eigenvalue weighted by Gasteiger charge is 2.37. The lowest BCUT2D eigenvalue weighted by Crippen LogP contribution is -2.25. The van der Waals surface area contributed by atoms with E-state index in [1.54, 1.807) is 0 Å². The number of aromatic nitrogens is 2. The number of benzene rings is 1. The zero-order valence-corrected chi connectivity index (χ0v) is 16.0. The van der Waals surface area contributed by atoms with Crippen LogP contribution in [-0.2, 0) is 17.9 Å². The number of fused-ring (bicyclic) bond motifs is 1. The maximum Gasteiger partial charge on any atom is 0.300 e. The van der Waals surface area contributed by atoms with E-state index in [1.807, 2.05) is 24.3 Å². The zero-order chi connectivity index (χ0) is 19.8. The van der Waals surface area contributed by atoms with Gasteiger partial charge in [0.15, 0.2) is 6.10 Å². The topological polar surface area (TPSA) is 53.4 Å². The summed E-state index contributed by atoms with van der Waals surface area (Å²) in [6, 6.07) is 8.55. The fourth-order valence-electron chi connectivity index (χ4n) is 2.95. The molecule has 5 nitrogen and oxygen atoms in total. The summed E-state index contributed by atoms with van der Waals surface area (Å²) in [6.07, 6.45) is -0.898. The first-order valence-electron chi connectivity index (χ1n) is 9.00. The lowest BCUT2D eigenvalue weighted by Gasteiger charge is -2.19. The SMILES string of the molecule is CCC(F)(F)c1cc(=O)nc2n1CC(COc1ccc(C(C)(C)C)cc1)O2. The van der Waals surface area contributed by atoms with Crippen molar-refractivity contribution in [2.24, 2.45) is 0 Å². The van der Waals surface area contributed by atoms with E-state index in [4.69, 9.17) is 9.47 Å². The number of hydrogen-bond acceptors (Lipinski definition) is 4. The van der Waals surface area contributed by atoms with Crippen LogP contribution in [0.25, 0.3) is 0 Å². The molecular formula is C20H24F2N2O3. The van der Waals surface area contributed by atoms with Crippen LogP contribution >= 0.6 is 0 Å². The summed E-state index contributed by atoms with van der Waals surface area (Å²) in [6.45, 7) is 8.09. The Bertz CT molecular complexity index is 870. The molecule has 1 aliphatic rings. The lowest BCUT2D eigenvalue weighted by atomic mass is 9.87. The molecule has 27 heavy (non-hydrogen) atoms. The van der Waals surface area contributed by atoms with Crippen LogP contribution < -0.4 is 15.0 Å². The van der Waals surface area contributed by atoms with Crippen LogP contribution in [-0.4, -0.2) is 22.3 Å². The summed E-state index contributed by atoms with van der Waals surface area (Å²) >= 11 is 0. The Morgan fingerprint density at radius 1 is 1.26 bits per heavy atom. The van der Waals surface area contributed by atoms with E-state index >= 15 is 0 Å². The molecule has 0 aliphatic carbocycles. The second-order valence-electron chi connectivity index (χ2n) is 7.76. The fraction of sp³-hybridized carbons (Fsp3) is 0.500. The molecule has 0 radical (unpaired) electrons. The molecule has 1 unspecified atom stereocenters. The van der Waals surface area contributed by atoms with Crippen LogP contribution in [0.1, 0.15) is 45.4 Å². The van der Waals surface area contributed by atoms with Gasteiger partial charge in [-0.1, -0.05) is 39.8 Å². The monoisotopic (exact) mass is 378 g/mol. The molecule has 3 rings (SSSR count). The number of nitrogens with zero attached hydrogens (tertiary/aromatic N) is 2. The van der Waals surface area contributed by atoms with Crippen molar-refractivity contribution in [1.29, 1.82) is 0 Å². The van der Waals surface area contributed by atoms with Crippen molar-refractivity contribution in [3.63, 3.8) is 0 Å². The molecule has 1 aromatic heterocycles. The van der Waals surface area contributed by atoms with Crippen molar-refractivity contribution in [3.8, 4) is 11.8 Å². The van der Waals surface area contributed by atoms with E-state index in [0.29, 0.717) is 5.75 Å². The minimum absolute atomic E-state index is 0.0496. The van der Waals surface area contributed by atoms with Crippen molar-refractivity contribution in [3.05, 3.63) is 51.9 Å². The van der Waals surface area contributed by atoms with E-state index in [2.05, 4.69) is 25.8 Å². The minimum Gasteiger partial charge on any atom is -0.490 e. The molecular weight excluding hydrogens is 354 g/mol. The van der Waals surface area contributed by atoms with E-state index < -0.39 is 24.0 Å². The van der Waals surface area contributed by atoms with Gasteiger partial charge < -0.3 is 9.47 Å². The highest BCUT2D eigenvalue weighted by molar-refractivity contribution is 5.31. The molecule has 0 N–H and O–H groups in total. The minimum atomic E-state index is -3.11. The largest absolute Gasteiger partial charge is 0.490 e. The van der Waals surface area contributed by atoms with Crippen molar-refractivity contribution in [1.82, 2.24) is 9.55 Å². The summed E-state index contributed by atoms with van der Waals surface area (Å²) < 4.78 is 40.9. The third-order valence-electron chi connectivity index (χ3n) is 4.62. The average Bonchev–Trinajstić information content (AvgIpc) is 3.01. The normalized spacial score (nSPS) is 16.7. The summed E-state index contributed by atoms with van der Waals surface area (Å²) in [5.74, 6) is -2.44. The van der Waals surface area contributed by atoms with Crippen LogP contribution in [0.2, 0.25) is 0 Å². The Morgan fingerprint density at radius 2 is 1.93 bits per heavy atom. The highest BCUT2D eigenvalue weighted by atomic mass is 19.3. The quantitative estimate of drug-likeness (QED) is 0.792. The first-order valence-corrected chi connectivity index (χ1v) is 9.00. The van der Waals surface area contributed by atoms with Gasteiger partial charge in [0.25, 0.3) is 11.5 Å². The van der Waals surface area contributed by atoms with E-state index in [1.165, 1.54) is 17.1 Å².